The summed E-state index contributed by atoms with van der Waals surface area (Å²) in [5, 5.41) is 9.70. The fraction of sp³-hybridized carbons (Fsp3) is 0.467. The number of aliphatic carboxylic acids is 1. The largest absolute Gasteiger partial charge is 0.494 e. The molecule has 2 heterocycles. The molecule has 0 bridgehead atoms. The molecule has 0 aliphatic carbocycles. The Morgan fingerprint density at radius 1 is 1.29 bits per heavy atom. The average Bonchev–Trinajstić information content (AvgIpc) is 3.00. The van der Waals surface area contributed by atoms with Gasteiger partial charge in [-0.1, -0.05) is 0 Å². The number of carbonyl (C=O) groups is 2. The van der Waals surface area contributed by atoms with Crippen LogP contribution in [0.1, 0.15) is 19.8 Å². The number of fused-ring (bicyclic) bond motifs is 1. The van der Waals surface area contributed by atoms with E-state index in [2.05, 4.69) is 0 Å². The Morgan fingerprint density at radius 3 is 2.57 bits per heavy atom. The predicted octanol–water partition coefficient (Wildman–Crippen LogP) is 1.31. The van der Waals surface area contributed by atoms with Crippen molar-refractivity contribution in [1.82, 2.24) is 4.90 Å². The van der Waals surface area contributed by atoms with E-state index in [-0.39, 0.29) is 5.91 Å². The molecule has 6 nitrogen and oxygen atoms in total. The summed E-state index contributed by atoms with van der Waals surface area (Å²) in [6, 6.07) is 7.35. The molecule has 0 aromatic heterocycles. The fourth-order valence-electron chi connectivity index (χ4n) is 3.30. The van der Waals surface area contributed by atoms with Gasteiger partial charge in [-0.05, 0) is 31.2 Å². The number of carboxylic acid groups (broad SMARTS) is 1. The Hall–Kier alpha value is -2.24. The Kier molecular flexibility index (Phi) is 3.23. The van der Waals surface area contributed by atoms with Crippen molar-refractivity contribution in [2.24, 2.45) is 0 Å². The monoisotopic (exact) mass is 290 g/mol. The molecule has 0 spiro atoms. The molecule has 0 saturated carbocycles. The first-order valence-corrected chi connectivity index (χ1v) is 7.14. The van der Waals surface area contributed by atoms with Crippen molar-refractivity contribution in [1.29, 1.82) is 0 Å². The first kappa shape index (κ1) is 13.7. The van der Waals surface area contributed by atoms with Crippen molar-refractivity contribution in [3.8, 4) is 5.75 Å². The second kappa shape index (κ2) is 4.95. The topological polar surface area (TPSA) is 70.1 Å². The van der Waals surface area contributed by atoms with Gasteiger partial charge in [0.05, 0.1) is 6.61 Å². The van der Waals surface area contributed by atoms with E-state index in [1.54, 1.807) is 0 Å². The van der Waals surface area contributed by atoms with Gasteiger partial charge in [0.2, 0.25) is 11.6 Å². The average molecular weight is 290 g/mol. The van der Waals surface area contributed by atoms with E-state index in [4.69, 9.17) is 4.74 Å². The maximum absolute atomic E-state index is 11.9. The summed E-state index contributed by atoms with van der Waals surface area (Å²) in [4.78, 5) is 27.0. The van der Waals surface area contributed by atoms with E-state index < -0.39 is 11.6 Å². The third-order valence-corrected chi connectivity index (χ3v) is 4.23. The zero-order chi connectivity index (χ0) is 15.0. The smallest absolute Gasteiger partial charge is 0.350 e. The summed E-state index contributed by atoms with van der Waals surface area (Å²) in [5.41, 5.74) is -0.414. The zero-order valence-electron chi connectivity index (χ0n) is 11.9. The first-order valence-electron chi connectivity index (χ1n) is 7.14. The number of ether oxygens (including phenoxy) is 1. The molecule has 2 aliphatic rings. The maximum atomic E-state index is 11.9. The molecule has 1 aromatic rings. The van der Waals surface area contributed by atoms with E-state index in [1.165, 1.54) is 4.90 Å². The summed E-state index contributed by atoms with van der Waals surface area (Å²) >= 11 is 0. The summed E-state index contributed by atoms with van der Waals surface area (Å²) in [7, 11) is 0. The number of carboxylic acids is 1. The number of hydrogen-bond acceptors (Lipinski definition) is 4. The van der Waals surface area contributed by atoms with Gasteiger partial charge in [-0.2, -0.15) is 0 Å². The van der Waals surface area contributed by atoms with Gasteiger partial charge in [-0.3, -0.25) is 4.79 Å². The van der Waals surface area contributed by atoms with Crippen molar-refractivity contribution in [3.63, 3.8) is 0 Å². The maximum Gasteiger partial charge on any atom is 0.350 e. The molecular formula is C15H18N2O4. The molecule has 2 aliphatic heterocycles. The molecule has 112 valence electrons. The number of carbonyl (C=O) groups excluding carboxylic acids is 1. The fourth-order valence-corrected chi connectivity index (χ4v) is 3.30. The Balaban J connectivity index is 1.94. The molecule has 21 heavy (non-hydrogen) atoms. The van der Waals surface area contributed by atoms with Gasteiger partial charge in [0.25, 0.3) is 0 Å². The lowest BCUT2D eigenvalue weighted by Crippen LogP contribution is -2.57. The van der Waals surface area contributed by atoms with Crippen LogP contribution in [0.2, 0.25) is 0 Å². The van der Waals surface area contributed by atoms with Crippen LogP contribution in [0.15, 0.2) is 24.3 Å². The van der Waals surface area contributed by atoms with E-state index in [9.17, 15) is 14.7 Å². The number of benzene rings is 1. The zero-order valence-corrected chi connectivity index (χ0v) is 11.9. The lowest BCUT2D eigenvalue weighted by molar-refractivity contribution is -0.151. The van der Waals surface area contributed by atoms with Crippen LogP contribution in [0.3, 0.4) is 0 Å². The van der Waals surface area contributed by atoms with Crippen LogP contribution in [-0.2, 0) is 9.59 Å². The minimum atomic E-state index is -1.22. The van der Waals surface area contributed by atoms with Gasteiger partial charge in [-0.25, -0.2) is 4.79 Å². The van der Waals surface area contributed by atoms with Gasteiger partial charge in [0.15, 0.2) is 0 Å². The normalized spacial score (nSPS) is 24.3. The molecule has 1 atom stereocenters. The Bertz CT molecular complexity index is 572. The van der Waals surface area contributed by atoms with Gasteiger partial charge in [0.1, 0.15) is 5.75 Å². The van der Waals surface area contributed by atoms with Crippen LogP contribution in [0.25, 0.3) is 0 Å². The Morgan fingerprint density at radius 2 is 1.95 bits per heavy atom. The molecule has 1 N–H and O–H groups in total. The molecular weight excluding hydrogens is 272 g/mol. The standard InChI is InChI=1S/C15H18N2O4/c1-2-21-12-5-3-11(4-6-12)16-9-10-17-13(18)7-8-15(16,17)14(19)20/h3-6H,2,7-10H2,1H3,(H,19,20). The van der Waals surface area contributed by atoms with Gasteiger partial charge in [0, 0.05) is 31.6 Å². The van der Waals surface area contributed by atoms with Crippen molar-refractivity contribution in [2.45, 2.75) is 25.4 Å². The highest BCUT2D eigenvalue weighted by atomic mass is 16.5. The highest BCUT2D eigenvalue weighted by Gasteiger charge is 2.59. The molecule has 6 heteroatoms. The molecule has 1 unspecified atom stereocenters. The van der Waals surface area contributed by atoms with Gasteiger partial charge < -0.3 is 19.6 Å². The molecule has 3 rings (SSSR count). The van der Waals surface area contributed by atoms with Crippen LogP contribution >= 0.6 is 0 Å². The minimum Gasteiger partial charge on any atom is -0.494 e. The van der Waals surface area contributed by atoms with Gasteiger partial charge in [-0.15, -0.1) is 0 Å². The van der Waals surface area contributed by atoms with E-state index in [1.807, 2.05) is 36.1 Å². The van der Waals surface area contributed by atoms with Crippen LogP contribution in [0.5, 0.6) is 5.75 Å². The molecule has 1 aromatic carbocycles. The van der Waals surface area contributed by atoms with E-state index in [0.717, 1.165) is 11.4 Å². The number of nitrogens with zero attached hydrogens (tertiary/aromatic N) is 2. The molecule has 0 radical (unpaired) electrons. The first-order chi connectivity index (χ1) is 10.1. The number of rotatable bonds is 4. The number of amides is 1. The van der Waals surface area contributed by atoms with Crippen LogP contribution in [0.4, 0.5) is 5.69 Å². The van der Waals surface area contributed by atoms with E-state index >= 15 is 0 Å². The lowest BCUT2D eigenvalue weighted by atomic mass is 10.1. The summed E-state index contributed by atoms with van der Waals surface area (Å²) in [6.07, 6.45) is 0.619. The third kappa shape index (κ3) is 1.93. The van der Waals surface area contributed by atoms with Gasteiger partial charge >= 0.3 is 5.97 Å². The summed E-state index contributed by atoms with van der Waals surface area (Å²) in [5.74, 6) is -0.283. The second-order valence-electron chi connectivity index (χ2n) is 5.25. The quantitative estimate of drug-likeness (QED) is 0.905. The second-order valence-corrected chi connectivity index (χ2v) is 5.25. The number of anilines is 1. The van der Waals surface area contributed by atoms with Crippen molar-refractivity contribution < 1.29 is 19.4 Å². The predicted molar refractivity (Wildman–Crippen MR) is 76.3 cm³/mol. The molecule has 2 saturated heterocycles. The minimum absolute atomic E-state index is 0.0779. The van der Waals surface area contributed by atoms with Crippen molar-refractivity contribution in [3.05, 3.63) is 24.3 Å². The highest BCUT2D eigenvalue weighted by Crippen LogP contribution is 2.41. The number of hydrogen-bond donors (Lipinski definition) is 1. The van der Waals surface area contributed by atoms with Crippen molar-refractivity contribution >= 4 is 17.6 Å². The third-order valence-electron chi connectivity index (χ3n) is 4.23. The van der Waals surface area contributed by atoms with Crippen LogP contribution < -0.4 is 9.64 Å². The molecule has 1 amide bonds. The summed E-state index contributed by atoms with van der Waals surface area (Å²) in [6.45, 7) is 3.49. The lowest BCUT2D eigenvalue weighted by Gasteiger charge is -2.36. The summed E-state index contributed by atoms with van der Waals surface area (Å²) < 4.78 is 5.40. The van der Waals surface area contributed by atoms with E-state index in [0.29, 0.717) is 32.5 Å². The SMILES string of the molecule is CCOc1ccc(N2CCN3C(=O)CCC32C(=O)O)cc1. The molecule has 2 fully saturated rings. The van der Waals surface area contributed by atoms with Crippen LogP contribution in [0, 0.1) is 0 Å². The highest BCUT2D eigenvalue weighted by molar-refractivity contribution is 5.94. The Labute approximate surface area is 122 Å². The van der Waals surface area contributed by atoms with Crippen LogP contribution in [-0.4, -0.2) is 47.2 Å². The van der Waals surface area contributed by atoms with Crippen molar-refractivity contribution in [2.75, 3.05) is 24.6 Å².